The van der Waals surface area contributed by atoms with Gasteiger partial charge in [0.1, 0.15) is 5.52 Å². The van der Waals surface area contributed by atoms with Gasteiger partial charge in [-0.3, -0.25) is 0 Å². The molecule has 0 aliphatic heterocycles. The summed E-state index contributed by atoms with van der Waals surface area (Å²) in [7, 11) is 0. The van der Waals surface area contributed by atoms with E-state index in [0.717, 1.165) is 11.2 Å². The molecule has 0 unspecified atom stereocenters. The van der Waals surface area contributed by atoms with Crippen LogP contribution in [0.1, 0.15) is 0 Å². The molecular weight excluding hydrogens is 224 g/mol. The van der Waals surface area contributed by atoms with Crippen LogP contribution in [0.25, 0.3) is 11.2 Å². The van der Waals surface area contributed by atoms with Crippen LogP contribution in [0, 0.1) is 0 Å². The molecule has 0 aliphatic carbocycles. The summed E-state index contributed by atoms with van der Waals surface area (Å²) in [5.74, 6) is 0.843. The first kappa shape index (κ1) is 9.10. The highest BCUT2D eigenvalue weighted by atomic mass is 32.1. The van der Waals surface area contributed by atoms with Crippen molar-refractivity contribution in [3.63, 3.8) is 0 Å². The Hall–Kier alpha value is -2.15. The van der Waals surface area contributed by atoms with Gasteiger partial charge in [0.25, 0.3) is 0 Å². The lowest BCUT2D eigenvalue weighted by atomic mass is 10.4. The highest BCUT2D eigenvalue weighted by Crippen LogP contribution is 2.23. The predicted octanol–water partition coefficient (Wildman–Crippen LogP) is 1.74. The van der Waals surface area contributed by atoms with Crippen LogP contribution in [0.4, 0.5) is 17.5 Å². The number of hydrogen-bond donors (Lipinski definition) is 3. The average Bonchev–Trinajstić information content (AvgIpc) is 2.87. The Morgan fingerprint density at radius 2 is 2.31 bits per heavy atom. The maximum atomic E-state index is 5.60. The SMILES string of the molecule is Nc1nc(Nc2ccsc2)c2[nH]cnc2n1. The van der Waals surface area contributed by atoms with E-state index in [1.807, 2.05) is 16.8 Å². The van der Waals surface area contributed by atoms with Gasteiger partial charge in [0, 0.05) is 5.38 Å². The van der Waals surface area contributed by atoms with Gasteiger partial charge < -0.3 is 16.0 Å². The minimum absolute atomic E-state index is 0.206. The summed E-state index contributed by atoms with van der Waals surface area (Å²) in [6.45, 7) is 0. The quantitative estimate of drug-likeness (QED) is 0.625. The van der Waals surface area contributed by atoms with Crippen molar-refractivity contribution in [3.05, 3.63) is 23.2 Å². The van der Waals surface area contributed by atoms with E-state index >= 15 is 0 Å². The van der Waals surface area contributed by atoms with Crippen LogP contribution in [0.15, 0.2) is 23.2 Å². The van der Waals surface area contributed by atoms with E-state index < -0.39 is 0 Å². The highest BCUT2D eigenvalue weighted by Gasteiger charge is 2.08. The third-order valence-corrected chi connectivity index (χ3v) is 2.77. The maximum absolute atomic E-state index is 5.60. The van der Waals surface area contributed by atoms with Crippen LogP contribution < -0.4 is 11.1 Å². The lowest BCUT2D eigenvalue weighted by Crippen LogP contribution is -2.00. The fourth-order valence-corrected chi connectivity index (χ4v) is 2.00. The average molecular weight is 232 g/mol. The van der Waals surface area contributed by atoms with E-state index in [0.29, 0.717) is 11.5 Å². The summed E-state index contributed by atoms with van der Waals surface area (Å²) < 4.78 is 0. The lowest BCUT2D eigenvalue weighted by molar-refractivity contribution is 1.21. The van der Waals surface area contributed by atoms with E-state index in [2.05, 4.69) is 25.3 Å². The van der Waals surface area contributed by atoms with E-state index in [4.69, 9.17) is 5.73 Å². The first-order valence-electron chi connectivity index (χ1n) is 4.59. The molecule has 3 heterocycles. The number of aromatic nitrogens is 4. The predicted molar refractivity (Wildman–Crippen MR) is 63.7 cm³/mol. The Balaban J connectivity index is 2.11. The highest BCUT2D eigenvalue weighted by molar-refractivity contribution is 7.08. The standard InChI is InChI=1S/C9H8N6S/c10-9-14-7-6(11-4-12-7)8(15-9)13-5-1-2-16-3-5/h1-4H,(H4,10,11,12,13,14,15). The second kappa shape index (κ2) is 3.46. The molecule has 0 saturated carbocycles. The van der Waals surface area contributed by atoms with E-state index in [9.17, 15) is 0 Å². The zero-order valence-electron chi connectivity index (χ0n) is 8.14. The molecule has 3 rings (SSSR count). The molecule has 0 bridgehead atoms. The van der Waals surface area contributed by atoms with Gasteiger partial charge in [-0.15, -0.1) is 0 Å². The van der Waals surface area contributed by atoms with Gasteiger partial charge >= 0.3 is 0 Å². The van der Waals surface area contributed by atoms with Gasteiger partial charge in [-0.2, -0.15) is 21.3 Å². The summed E-state index contributed by atoms with van der Waals surface area (Å²) in [5, 5.41) is 7.13. The van der Waals surface area contributed by atoms with Crippen LogP contribution in [0.3, 0.4) is 0 Å². The van der Waals surface area contributed by atoms with Crippen molar-refractivity contribution < 1.29 is 0 Å². The number of hydrogen-bond acceptors (Lipinski definition) is 6. The van der Waals surface area contributed by atoms with Crippen LogP contribution in [-0.2, 0) is 0 Å². The van der Waals surface area contributed by atoms with Crippen LogP contribution in [-0.4, -0.2) is 19.9 Å². The molecule has 3 aromatic heterocycles. The largest absolute Gasteiger partial charge is 0.368 e. The molecule has 80 valence electrons. The Labute approximate surface area is 94.6 Å². The molecule has 0 aliphatic rings. The number of fused-ring (bicyclic) bond motifs is 1. The van der Waals surface area contributed by atoms with Crippen molar-refractivity contribution in [2.45, 2.75) is 0 Å². The number of aromatic amines is 1. The van der Waals surface area contributed by atoms with Gasteiger partial charge in [0.15, 0.2) is 11.5 Å². The van der Waals surface area contributed by atoms with Gasteiger partial charge in [-0.1, -0.05) is 0 Å². The normalized spacial score (nSPS) is 10.8. The summed E-state index contributed by atoms with van der Waals surface area (Å²) in [6.07, 6.45) is 1.57. The number of imidazole rings is 1. The Kier molecular flexibility index (Phi) is 1.97. The zero-order chi connectivity index (χ0) is 11.0. The Morgan fingerprint density at radius 3 is 3.12 bits per heavy atom. The fraction of sp³-hybridized carbons (Fsp3) is 0. The zero-order valence-corrected chi connectivity index (χ0v) is 8.95. The van der Waals surface area contributed by atoms with Gasteiger partial charge in [-0.25, -0.2) is 4.98 Å². The number of anilines is 3. The Morgan fingerprint density at radius 1 is 1.38 bits per heavy atom. The second-order valence-electron chi connectivity index (χ2n) is 3.17. The molecule has 0 fully saturated rings. The molecule has 7 heteroatoms. The molecule has 16 heavy (non-hydrogen) atoms. The second-order valence-corrected chi connectivity index (χ2v) is 3.95. The molecule has 0 saturated heterocycles. The third-order valence-electron chi connectivity index (χ3n) is 2.09. The smallest absolute Gasteiger partial charge is 0.224 e. The number of nitrogen functional groups attached to an aromatic ring is 1. The lowest BCUT2D eigenvalue weighted by Gasteiger charge is -2.04. The number of thiophene rings is 1. The minimum atomic E-state index is 0.206. The van der Waals surface area contributed by atoms with Crippen molar-refractivity contribution in [1.82, 2.24) is 19.9 Å². The molecule has 0 radical (unpaired) electrons. The monoisotopic (exact) mass is 232 g/mol. The number of H-pyrrole nitrogens is 1. The van der Waals surface area contributed by atoms with Crippen LogP contribution >= 0.6 is 11.3 Å². The molecule has 0 atom stereocenters. The van der Waals surface area contributed by atoms with Crippen molar-refractivity contribution in [1.29, 1.82) is 0 Å². The molecule has 4 N–H and O–H groups in total. The maximum Gasteiger partial charge on any atom is 0.224 e. The molecular formula is C9H8N6S. The number of rotatable bonds is 2. The Bertz CT molecular complexity index is 614. The van der Waals surface area contributed by atoms with Crippen molar-refractivity contribution in [2.75, 3.05) is 11.1 Å². The van der Waals surface area contributed by atoms with Crippen molar-refractivity contribution in [2.24, 2.45) is 0 Å². The van der Waals surface area contributed by atoms with Crippen LogP contribution in [0.2, 0.25) is 0 Å². The molecule has 0 aromatic carbocycles. The minimum Gasteiger partial charge on any atom is -0.368 e. The number of nitrogens with zero attached hydrogens (tertiary/aromatic N) is 3. The van der Waals surface area contributed by atoms with E-state index in [-0.39, 0.29) is 5.95 Å². The molecule has 3 aromatic rings. The third kappa shape index (κ3) is 1.47. The number of nitrogens with two attached hydrogens (primary N) is 1. The van der Waals surface area contributed by atoms with Crippen molar-refractivity contribution in [3.8, 4) is 0 Å². The summed E-state index contributed by atoms with van der Waals surface area (Å²) in [6, 6.07) is 1.96. The fourth-order valence-electron chi connectivity index (χ4n) is 1.41. The first-order chi connectivity index (χ1) is 7.83. The molecule has 0 spiro atoms. The van der Waals surface area contributed by atoms with Gasteiger partial charge in [-0.05, 0) is 11.4 Å². The van der Waals surface area contributed by atoms with Gasteiger partial charge in [0.05, 0.1) is 12.0 Å². The summed E-state index contributed by atoms with van der Waals surface area (Å²) in [5.41, 5.74) is 7.88. The first-order valence-corrected chi connectivity index (χ1v) is 5.53. The van der Waals surface area contributed by atoms with Crippen LogP contribution in [0.5, 0.6) is 0 Å². The summed E-state index contributed by atoms with van der Waals surface area (Å²) >= 11 is 1.61. The topological polar surface area (TPSA) is 92.5 Å². The van der Waals surface area contributed by atoms with E-state index in [1.165, 1.54) is 0 Å². The van der Waals surface area contributed by atoms with Crippen molar-refractivity contribution >= 4 is 40.0 Å². The summed E-state index contributed by atoms with van der Waals surface area (Å²) in [4.78, 5) is 15.2. The molecule has 6 nitrogen and oxygen atoms in total. The van der Waals surface area contributed by atoms with Gasteiger partial charge in [0.2, 0.25) is 5.95 Å². The van der Waals surface area contributed by atoms with E-state index in [1.54, 1.807) is 17.7 Å². The molecule has 0 amide bonds. The number of nitrogens with one attached hydrogen (secondary N) is 2.